The Morgan fingerprint density at radius 1 is 1.00 bits per heavy atom. The van der Waals surface area contributed by atoms with Crippen LogP contribution in [0.15, 0.2) is 70.9 Å². The van der Waals surface area contributed by atoms with Gasteiger partial charge in [0.1, 0.15) is 18.6 Å². The lowest BCUT2D eigenvalue weighted by atomic mass is 9.75. The third-order valence-electron chi connectivity index (χ3n) is 7.18. The first kappa shape index (κ1) is 36.7. The molecule has 47 heavy (non-hydrogen) atoms. The SMILES string of the molecule is CCOC(=O)C1=C(COCCNC(=O)CC[C@H](NC(=O)OCc2ccccc2)C(=O)O)N=C(C)C(C(=O)OC)C1c1ccccc1Cl. The number of aliphatic imine (C=N–C) groups is 1. The van der Waals surface area contributed by atoms with Crippen LogP contribution in [0.25, 0.3) is 0 Å². The summed E-state index contributed by atoms with van der Waals surface area (Å²) in [7, 11) is 1.25. The molecule has 2 unspecified atom stereocenters. The predicted molar refractivity (Wildman–Crippen MR) is 171 cm³/mol. The number of rotatable bonds is 16. The van der Waals surface area contributed by atoms with Crippen molar-refractivity contribution in [3.8, 4) is 0 Å². The highest BCUT2D eigenvalue weighted by molar-refractivity contribution is 6.31. The number of alkyl carbamates (subject to hydrolysis) is 1. The standard InChI is InChI=1S/C33H38ClN3O10/c1-4-46-32(42)29-25(36-20(2)27(31(41)44-3)28(29)22-12-8-9-13-23(22)34)19-45-17-16-35-26(38)15-14-24(30(39)40)37-33(43)47-18-21-10-6-5-7-11-21/h5-13,24,27-28H,4,14-19H2,1-3H3,(H,35,38)(H,37,43)(H,39,40)/t24-,27?,28?/m0/s1. The Labute approximate surface area is 277 Å². The van der Waals surface area contributed by atoms with E-state index in [9.17, 15) is 29.1 Å². The molecular formula is C33H38ClN3O10. The molecule has 14 heteroatoms. The number of amides is 2. The number of ether oxygens (including phenoxy) is 4. The van der Waals surface area contributed by atoms with Gasteiger partial charge in [-0.05, 0) is 37.5 Å². The van der Waals surface area contributed by atoms with E-state index in [1.165, 1.54) is 7.11 Å². The maximum atomic E-state index is 13.3. The summed E-state index contributed by atoms with van der Waals surface area (Å²) < 4.78 is 21.2. The topological polar surface area (TPSA) is 179 Å². The number of methoxy groups -OCH3 is 1. The van der Waals surface area contributed by atoms with Gasteiger partial charge >= 0.3 is 24.0 Å². The van der Waals surface area contributed by atoms with Gasteiger partial charge in [-0.2, -0.15) is 0 Å². The van der Waals surface area contributed by atoms with Crippen LogP contribution in [0.1, 0.15) is 43.7 Å². The van der Waals surface area contributed by atoms with Crippen molar-refractivity contribution in [3.63, 3.8) is 0 Å². The van der Waals surface area contributed by atoms with Crippen LogP contribution in [0.4, 0.5) is 4.79 Å². The molecule has 3 atom stereocenters. The fourth-order valence-electron chi connectivity index (χ4n) is 4.95. The molecule has 3 rings (SSSR count). The van der Waals surface area contributed by atoms with Gasteiger partial charge in [0.15, 0.2) is 0 Å². The Kier molecular flexibility index (Phi) is 14.4. The summed E-state index contributed by atoms with van der Waals surface area (Å²) in [4.78, 5) is 66.7. The molecule has 2 aromatic carbocycles. The summed E-state index contributed by atoms with van der Waals surface area (Å²) >= 11 is 6.52. The first-order valence-electron chi connectivity index (χ1n) is 14.9. The van der Waals surface area contributed by atoms with Crippen LogP contribution >= 0.6 is 11.6 Å². The predicted octanol–water partition coefficient (Wildman–Crippen LogP) is 3.80. The molecule has 13 nitrogen and oxygen atoms in total. The highest BCUT2D eigenvalue weighted by Gasteiger charge is 2.43. The molecule has 0 fully saturated rings. The maximum absolute atomic E-state index is 13.3. The molecular weight excluding hydrogens is 634 g/mol. The van der Waals surface area contributed by atoms with Gasteiger partial charge in [0.25, 0.3) is 0 Å². The van der Waals surface area contributed by atoms with E-state index < -0.39 is 47.8 Å². The Morgan fingerprint density at radius 2 is 1.70 bits per heavy atom. The zero-order chi connectivity index (χ0) is 34.3. The Bertz CT molecular complexity index is 1490. The molecule has 252 valence electrons. The number of carboxylic acids is 1. The number of halogens is 1. The summed E-state index contributed by atoms with van der Waals surface area (Å²) in [6.45, 7) is 3.28. The molecule has 2 amide bonds. The molecule has 0 saturated carbocycles. The van der Waals surface area contributed by atoms with Crippen molar-refractivity contribution in [2.75, 3.05) is 33.5 Å². The van der Waals surface area contributed by atoms with Gasteiger partial charge in [-0.1, -0.05) is 60.1 Å². The van der Waals surface area contributed by atoms with Crippen LogP contribution in [-0.2, 0) is 44.7 Å². The minimum absolute atomic E-state index is 0.0174. The van der Waals surface area contributed by atoms with Crippen molar-refractivity contribution in [1.82, 2.24) is 10.6 Å². The van der Waals surface area contributed by atoms with Crippen LogP contribution in [0, 0.1) is 5.92 Å². The lowest BCUT2D eigenvalue weighted by Gasteiger charge is -2.32. The van der Waals surface area contributed by atoms with E-state index >= 15 is 0 Å². The fourth-order valence-corrected chi connectivity index (χ4v) is 5.20. The zero-order valence-corrected chi connectivity index (χ0v) is 27.1. The van der Waals surface area contributed by atoms with Crippen LogP contribution < -0.4 is 10.6 Å². The average molecular weight is 672 g/mol. The van der Waals surface area contributed by atoms with Crippen LogP contribution in [0.2, 0.25) is 5.02 Å². The summed E-state index contributed by atoms with van der Waals surface area (Å²) in [5.41, 5.74) is 2.00. The van der Waals surface area contributed by atoms with E-state index in [0.29, 0.717) is 16.3 Å². The number of carboxylic acid groups (broad SMARTS) is 1. The van der Waals surface area contributed by atoms with Gasteiger partial charge < -0.3 is 34.7 Å². The number of carbonyl (C=O) groups is 5. The number of aliphatic carboxylic acids is 1. The lowest BCUT2D eigenvalue weighted by Crippen LogP contribution is -2.42. The largest absolute Gasteiger partial charge is 0.480 e. The Hall–Kier alpha value is -4.75. The maximum Gasteiger partial charge on any atom is 0.408 e. The van der Waals surface area contributed by atoms with E-state index in [4.69, 9.17) is 30.5 Å². The van der Waals surface area contributed by atoms with Crippen LogP contribution in [0.3, 0.4) is 0 Å². The molecule has 0 saturated heterocycles. The molecule has 0 aliphatic carbocycles. The lowest BCUT2D eigenvalue weighted by molar-refractivity contribution is -0.144. The van der Waals surface area contributed by atoms with Gasteiger partial charge in [-0.3, -0.25) is 14.6 Å². The summed E-state index contributed by atoms with van der Waals surface area (Å²) in [5, 5.41) is 14.7. The molecule has 3 N–H and O–H groups in total. The number of nitrogens with one attached hydrogen (secondary N) is 2. The van der Waals surface area contributed by atoms with Crippen LogP contribution in [-0.4, -0.2) is 80.2 Å². The van der Waals surface area contributed by atoms with Crippen molar-refractivity contribution in [2.45, 2.75) is 45.3 Å². The highest BCUT2D eigenvalue weighted by atomic mass is 35.5. The van der Waals surface area contributed by atoms with Gasteiger partial charge in [-0.15, -0.1) is 0 Å². The molecule has 0 bridgehead atoms. The van der Waals surface area contributed by atoms with Crippen LogP contribution in [0.5, 0.6) is 0 Å². The third-order valence-corrected chi connectivity index (χ3v) is 7.52. The Balaban J connectivity index is 1.58. The smallest absolute Gasteiger partial charge is 0.408 e. The summed E-state index contributed by atoms with van der Waals surface area (Å²) in [6.07, 6.45) is -1.27. The minimum Gasteiger partial charge on any atom is -0.480 e. The van der Waals surface area contributed by atoms with Crippen molar-refractivity contribution in [1.29, 1.82) is 0 Å². The van der Waals surface area contributed by atoms with Gasteiger partial charge in [-0.25, -0.2) is 14.4 Å². The fraction of sp³-hybridized carbons (Fsp3) is 0.394. The molecule has 2 aromatic rings. The second kappa shape index (κ2) is 18.4. The van der Waals surface area contributed by atoms with E-state index in [2.05, 4.69) is 15.6 Å². The molecule has 0 radical (unpaired) electrons. The number of esters is 2. The van der Waals surface area contributed by atoms with E-state index in [1.807, 2.05) is 6.07 Å². The van der Waals surface area contributed by atoms with Gasteiger partial charge in [0, 0.05) is 29.6 Å². The Morgan fingerprint density at radius 3 is 2.36 bits per heavy atom. The summed E-state index contributed by atoms with van der Waals surface area (Å²) in [5.74, 6) is -4.83. The average Bonchev–Trinajstić information content (AvgIpc) is 3.05. The normalized spacial score (nSPS) is 16.4. The van der Waals surface area contributed by atoms with Crippen molar-refractivity contribution < 1.29 is 48.0 Å². The monoisotopic (exact) mass is 671 g/mol. The van der Waals surface area contributed by atoms with Crippen molar-refractivity contribution in [2.24, 2.45) is 10.9 Å². The van der Waals surface area contributed by atoms with E-state index in [1.54, 1.807) is 62.4 Å². The molecule has 1 aliphatic heterocycles. The number of hydrogen-bond acceptors (Lipinski definition) is 10. The second-order valence-corrected chi connectivity index (χ2v) is 10.8. The number of nitrogens with zero attached hydrogens (tertiary/aromatic N) is 1. The minimum atomic E-state index is -1.33. The van der Waals surface area contributed by atoms with E-state index in [0.717, 1.165) is 5.56 Å². The second-order valence-electron chi connectivity index (χ2n) is 10.4. The number of hydrogen-bond donors (Lipinski definition) is 3. The van der Waals surface area contributed by atoms with Crippen molar-refractivity contribution >= 4 is 47.2 Å². The number of carbonyl (C=O) groups excluding carboxylic acids is 4. The quantitative estimate of drug-likeness (QED) is 0.135. The highest BCUT2D eigenvalue weighted by Crippen LogP contribution is 2.42. The first-order valence-corrected chi connectivity index (χ1v) is 15.3. The molecule has 0 spiro atoms. The zero-order valence-electron chi connectivity index (χ0n) is 26.3. The summed E-state index contributed by atoms with van der Waals surface area (Å²) in [6, 6.07) is 14.4. The first-order chi connectivity index (χ1) is 22.6. The molecule has 0 aromatic heterocycles. The van der Waals surface area contributed by atoms with Crippen molar-refractivity contribution in [3.05, 3.63) is 82.0 Å². The number of benzene rings is 2. The third kappa shape index (κ3) is 10.6. The molecule has 1 aliphatic rings. The molecule has 1 heterocycles. The van der Waals surface area contributed by atoms with E-state index in [-0.39, 0.29) is 57.1 Å². The van der Waals surface area contributed by atoms with Gasteiger partial charge in [0.2, 0.25) is 5.91 Å². The van der Waals surface area contributed by atoms with Gasteiger partial charge in [0.05, 0.1) is 38.2 Å².